The molecule has 23 heavy (non-hydrogen) atoms. The number of rotatable bonds is 3. The van der Waals surface area contributed by atoms with E-state index in [4.69, 9.17) is 9.47 Å². The van der Waals surface area contributed by atoms with E-state index in [0.29, 0.717) is 25.3 Å². The Bertz CT molecular complexity index is 577. The molecule has 0 aliphatic carbocycles. The first-order valence-corrected chi connectivity index (χ1v) is 7.94. The number of carbonyl (C=O) groups excluding carboxylic acids is 2. The lowest BCUT2D eigenvalue weighted by Gasteiger charge is -2.36. The van der Waals surface area contributed by atoms with Crippen molar-refractivity contribution in [3.63, 3.8) is 0 Å². The van der Waals surface area contributed by atoms with Gasteiger partial charge in [0.15, 0.2) is 5.78 Å². The SMILES string of the molecule is Cc1ccccc1C(=O)CC1COCCN1C(=O)OC(C)(C)C. The molecule has 1 unspecified atom stereocenters. The molecule has 0 bridgehead atoms. The third kappa shape index (κ3) is 4.79. The topological polar surface area (TPSA) is 55.8 Å². The summed E-state index contributed by atoms with van der Waals surface area (Å²) in [6, 6.07) is 7.20. The first-order valence-electron chi connectivity index (χ1n) is 7.94. The van der Waals surface area contributed by atoms with Gasteiger partial charge in [-0.15, -0.1) is 0 Å². The molecule has 5 nitrogen and oxygen atoms in total. The van der Waals surface area contributed by atoms with Gasteiger partial charge in [-0.3, -0.25) is 4.79 Å². The number of Topliss-reactive ketones (excluding diaryl/α,β-unsaturated/α-hetero) is 1. The van der Waals surface area contributed by atoms with Crippen molar-refractivity contribution in [2.24, 2.45) is 0 Å². The minimum absolute atomic E-state index is 0.0205. The second-order valence-electron chi connectivity index (χ2n) is 6.84. The third-order valence-corrected chi connectivity index (χ3v) is 3.72. The van der Waals surface area contributed by atoms with E-state index in [1.54, 1.807) is 4.90 Å². The van der Waals surface area contributed by atoms with Gasteiger partial charge in [0.25, 0.3) is 0 Å². The Morgan fingerprint density at radius 2 is 2.00 bits per heavy atom. The van der Waals surface area contributed by atoms with Crippen molar-refractivity contribution in [2.75, 3.05) is 19.8 Å². The highest BCUT2D eigenvalue weighted by Crippen LogP contribution is 2.19. The minimum atomic E-state index is -0.556. The van der Waals surface area contributed by atoms with Crippen LogP contribution >= 0.6 is 0 Å². The quantitative estimate of drug-likeness (QED) is 0.803. The fourth-order valence-corrected chi connectivity index (χ4v) is 2.59. The predicted octanol–water partition coefficient (Wildman–Crippen LogP) is 3.20. The van der Waals surface area contributed by atoms with E-state index < -0.39 is 5.60 Å². The zero-order valence-electron chi connectivity index (χ0n) is 14.3. The van der Waals surface area contributed by atoms with Gasteiger partial charge in [-0.1, -0.05) is 24.3 Å². The van der Waals surface area contributed by atoms with Gasteiger partial charge < -0.3 is 14.4 Å². The number of hydrogen-bond donors (Lipinski definition) is 0. The molecule has 1 fully saturated rings. The van der Waals surface area contributed by atoms with Crippen LogP contribution in [0.1, 0.15) is 43.1 Å². The van der Waals surface area contributed by atoms with Crippen LogP contribution in [-0.4, -0.2) is 48.2 Å². The highest BCUT2D eigenvalue weighted by molar-refractivity contribution is 5.98. The molecule has 1 aliphatic heterocycles. The molecule has 1 aliphatic rings. The standard InChI is InChI=1S/C18H25NO4/c1-13-7-5-6-8-15(13)16(20)11-14-12-22-10-9-19(14)17(21)23-18(2,3)4/h5-8,14H,9-12H2,1-4H3. The number of carbonyl (C=O) groups is 2. The van der Waals surface area contributed by atoms with Crippen LogP contribution < -0.4 is 0 Å². The summed E-state index contributed by atoms with van der Waals surface area (Å²) in [6.45, 7) is 8.68. The Kier molecular flexibility index (Phi) is 5.42. The molecule has 1 saturated heterocycles. The van der Waals surface area contributed by atoms with Gasteiger partial charge in [0, 0.05) is 18.5 Å². The maximum atomic E-state index is 12.6. The first-order chi connectivity index (χ1) is 10.8. The van der Waals surface area contributed by atoms with Crippen LogP contribution in [0.25, 0.3) is 0 Å². The highest BCUT2D eigenvalue weighted by atomic mass is 16.6. The highest BCUT2D eigenvalue weighted by Gasteiger charge is 2.32. The molecular weight excluding hydrogens is 294 g/mol. The molecule has 0 aromatic heterocycles. The van der Waals surface area contributed by atoms with Crippen molar-refractivity contribution < 1.29 is 19.1 Å². The molecule has 2 rings (SSSR count). The van der Waals surface area contributed by atoms with Crippen molar-refractivity contribution in [3.8, 4) is 0 Å². The summed E-state index contributed by atoms with van der Waals surface area (Å²) in [5.74, 6) is 0.0205. The average molecular weight is 319 g/mol. The number of amides is 1. The van der Waals surface area contributed by atoms with Gasteiger partial charge in [0.05, 0.1) is 19.3 Å². The summed E-state index contributed by atoms with van der Waals surface area (Å²) in [5, 5.41) is 0. The normalized spacial score (nSPS) is 18.6. The molecule has 0 radical (unpaired) electrons. The van der Waals surface area contributed by atoms with Gasteiger partial charge in [-0.2, -0.15) is 0 Å². The first kappa shape index (κ1) is 17.5. The van der Waals surface area contributed by atoms with Crippen molar-refractivity contribution in [1.29, 1.82) is 0 Å². The van der Waals surface area contributed by atoms with E-state index >= 15 is 0 Å². The fraction of sp³-hybridized carbons (Fsp3) is 0.556. The molecule has 1 atom stereocenters. The molecule has 0 spiro atoms. The number of ether oxygens (including phenoxy) is 2. The van der Waals surface area contributed by atoms with Crippen LogP contribution in [0.15, 0.2) is 24.3 Å². The lowest BCUT2D eigenvalue weighted by molar-refractivity contribution is -0.0322. The van der Waals surface area contributed by atoms with E-state index in [9.17, 15) is 9.59 Å². The maximum Gasteiger partial charge on any atom is 0.410 e. The second-order valence-corrected chi connectivity index (χ2v) is 6.84. The van der Waals surface area contributed by atoms with Gasteiger partial charge in [-0.05, 0) is 33.3 Å². The third-order valence-electron chi connectivity index (χ3n) is 3.72. The van der Waals surface area contributed by atoms with Crippen LogP contribution in [0.5, 0.6) is 0 Å². The van der Waals surface area contributed by atoms with Crippen molar-refractivity contribution in [1.82, 2.24) is 4.90 Å². The molecule has 1 heterocycles. The summed E-state index contributed by atoms with van der Waals surface area (Å²) in [7, 11) is 0. The molecule has 5 heteroatoms. The minimum Gasteiger partial charge on any atom is -0.444 e. The zero-order chi connectivity index (χ0) is 17.0. The lowest BCUT2D eigenvalue weighted by atomic mass is 9.99. The van der Waals surface area contributed by atoms with Gasteiger partial charge in [0.1, 0.15) is 5.60 Å². The predicted molar refractivity (Wildman–Crippen MR) is 87.7 cm³/mol. The Balaban J connectivity index is 2.08. The Morgan fingerprint density at radius 3 is 2.65 bits per heavy atom. The van der Waals surface area contributed by atoms with Crippen LogP contribution in [-0.2, 0) is 9.47 Å². The number of hydrogen-bond acceptors (Lipinski definition) is 4. The van der Waals surface area contributed by atoms with Crippen molar-refractivity contribution >= 4 is 11.9 Å². The molecule has 1 aromatic carbocycles. The molecule has 1 amide bonds. The molecule has 1 aromatic rings. The number of nitrogens with zero attached hydrogens (tertiary/aromatic N) is 1. The monoisotopic (exact) mass is 319 g/mol. The molecule has 0 N–H and O–H groups in total. The summed E-state index contributed by atoms with van der Waals surface area (Å²) in [4.78, 5) is 26.5. The van der Waals surface area contributed by atoms with E-state index in [0.717, 1.165) is 5.56 Å². The summed E-state index contributed by atoms with van der Waals surface area (Å²) in [5.41, 5.74) is 1.08. The van der Waals surface area contributed by atoms with Crippen LogP contribution in [0.4, 0.5) is 4.79 Å². The Morgan fingerprint density at radius 1 is 1.30 bits per heavy atom. The van der Waals surface area contributed by atoms with Gasteiger partial charge >= 0.3 is 6.09 Å². The number of ketones is 1. The van der Waals surface area contributed by atoms with Gasteiger partial charge in [-0.25, -0.2) is 4.79 Å². The van der Waals surface area contributed by atoms with Crippen LogP contribution in [0, 0.1) is 6.92 Å². The summed E-state index contributed by atoms with van der Waals surface area (Å²) in [6.07, 6.45) is -0.146. The second kappa shape index (κ2) is 7.13. The average Bonchev–Trinajstić information content (AvgIpc) is 2.46. The molecular formula is C18H25NO4. The van der Waals surface area contributed by atoms with Crippen LogP contribution in [0.3, 0.4) is 0 Å². The van der Waals surface area contributed by atoms with E-state index in [1.807, 2.05) is 52.0 Å². The van der Waals surface area contributed by atoms with E-state index in [1.165, 1.54) is 0 Å². The van der Waals surface area contributed by atoms with E-state index in [2.05, 4.69) is 0 Å². The summed E-state index contributed by atoms with van der Waals surface area (Å²) < 4.78 is 10.9. The Labute approximate surface area is 137 Å². The maximum absolute atomic E-state index is 12.6. The lowest BCUT2D eigenvalue weighted by Crippen LogP contribution is -2.51. The number of aryl methyl sites for hydroxylation is 1. The summed E-state index contributed by atoms with van der Waals surface area (Å²) >= 11 is 0. The van der Waals surface area contributed by atoms with Crippen molar-refractivity contribution in [3.05, 3.63) is 35.4 Å². The Hall–Kier alpha value is -1.88. The zero-order valence-corrected chi connectivity index (χ0v) is 14.3. The van der Waals surface area contributed by atoms with Crippen molar-refractivity contribution in [2.45, 2.75) is 45.8 Å². The fourth-order valence-electron chi connectivity index (χ4n) is 2.59. The van der Waals surface area contributed by atoms with Gasteiger partial charge in [0.2, 0.25) is 0 Å². The number of benzene rings is 1. The smallest absolute Gasteiger partial charge is 0.410 e. The number of morpholine rings is 1. The van der Waals surface area contributed by atoms with E-state index in [-0.39, 0.29) is 24.3 Å². The largest absolute Gasteiger partial charge is 0.444 e. The van der Waals surface area contributed by atoms with Crippen LogP contribution in [0.2, 0.25) is 0 Å². The molecule has 0 saturated carbocycles. The molecule has 126 valence electrons.